The number of hydrogen-bond donors (Lipinski definition) is 1. The van der Waals surface area contributed by atoms with Crippen LogP contribution >= 0.6 is 0 Å². The van der Waals surface area contributed by atoms with Crippen LogP contribution in [0.25, 0.3) is 22.1 Å². The van der Waals surface area contributed by atoms with Gasteiger partial charge in [-0.3, -0.25) is 10.1 Å². The molecular formula is C16H11NO5. The quantitative estimate of drug-likeness (QED) is 0.444. The van der Waals surface area contributed by atoms with Gasteiger partial charge in [0.1, 0.15) is 11.3 Å². The van der Waals surface area contributed by atoms with E-state index in [1.54, 1.807) is 19.1 Å². The fourth-order valence-corrected chi connectivity index (χ4v) is 2.40. The van der Waals surface area contributed by atoms with Gasteiger partial charge in [-0.05, 0) is 42.3 Å². The topological polar surface area (TPSA) is 93.6 Å². The molecule has 6 nitrogen and oxygen atoms in total. The Balaban J connectivity index is 2.30. The molecule has 0 saturated heterocycles. The standard InChI is InChI=1S/C16H11NO5/c1-9-6-13(18)16-12(8-15(19)22-14(16)7-9)10-2-4-11(5-3-10)17(20)21/h2-8,18H,1H3. The van der Waals surface area contributed by atoms with Gasteiger partial charge < -0.3 is 9.52 Å². The van der Waals surface area contributed by atoms with Crippen LogP contribution in [0.4, 0.5) is 5.69 Å². The van der Waals surface area contributed by atoms with Gasteiger partial charge in [0.05, 0.1) is 10.3 Å². The predicted molar refractivity (Wildman–Crippen MR) is 81.0 cm³/mol. The summed E-state index contributed by atoms with van der Waals surface area (Å²) in [7, 11) is 0. The molecule has 0 aliphatic heterocycles. The number of nitro groups is 1. The lowest BCUT2D eigenvalue weighted by molar-refractivity contribution is -0.384. The van der Waals surface area contributed by atoms with Crippen LogP contribution in [0.3, 0.4) is 0 Å². The minimum Gasteiger partial charge on any atom is -0.507 e. The lowest BCUT2D eigenvalue weighted by Crippen LogP contribution is -1.98. The molecule has 0 fully saturated rings. The first-order valence-corrected chi connectivity index (χ1v) is 6.48. The minimum atomic E-state index is -0.550. The Morgan fingerprint density at radius 3 is 2.45 bits per heavy atom. The van der Waals surface area contributed by atoms with E-state index in [4.69, 9.17) is 4.42 Å². The van der Waals surface area contributed by atoms with Gasteiger partial charge in [-0.2, -0.15) is 0 Å². The van der Waals surface area contributed by atoms with Crippen molar-refractivity contribution < 1.29 is 14.4 Å². The molecule has 0 atom stereocenters. The van der Waals surface area contributed by atoms with Crippen LogP contribution < -0.4 is 5.63 Å². The van der Waals surface area contributed by atoms with E-state index in [-0.39, 0.29) is 17.0 Å². The summed E-state index contributed by atoms with van der Waals surface area (Å²) in [5.74, 6) is -0.00731. The number of hydrogen-bond acceptors (Lipinski definition) is 5. The number of aromatic hydroxyl groups is 1. The highest BCUT2D eigenvalue weighted by Crippen LogP contribution is 2.35. The molecule has 0 aliphatic carbocycles. The van der Waals surface area contributed by atoms with E-state index >= 15 is 0 Å². The van der Waals surface area contributed by atoms with Gasteiger partial charge in [-0.1, -0.05) is 0 Å². The molecule has 0 spiro atoms. The van der Waals surface area contributed by atoms with Crippen LogP contribution in [0.15, 0.2) is 51.7 Å². The summed E-state index contributed by atoms with van der Waals surface area (Å²) >= 11 is 0. The molecule has 1 heterocycles. The Labute approximate surface area is 124 Å². The predicted octanol–water partition coefficient (Wildman–Crippen LogP) is 3.38. The first kappa shape index (κ1) is 13.8. The number of rotatable bonds is 2. The first-order valence-electron chi connectivity index (χ1n) is 6.48. The van der Waals surface area contributed by atoms with Gasteiger partial charge in [0, 0.05) is 23.8 Å². The van der Waals surface area contributed by atoms with E-state index in [1.807, 2.05) is 0 Å². The molecule has 22 heavy (non-hydrogen) atoms. The van der Waals surface area contributed by atoms with Gasteiger partial charge in [-0.25, -0.2) is 4.79 Å². The fourth-order valence-electron chi connectivity index (χ4n) is 2.40. The Morgan fingerprint density at radius 1 is 1.14 bits per heavy atom. The lowest BCUT2D eigenvalue weighted by Gasteiger charge is -2.08. The monoisotopic (exact) mass is 297 g/mol. The normalized spacial score (nSPS) is 10.8. The van der Waals surface area contributed by atoms with Gasteiger partial charge in [0.25, 0.3) is 5.69 Å². The summed E-state index contributed by atoms with van der Waals surface area (Å²) in [5.41, 5.74) is 1.50. The van der Waals surface area contributed by atoms with E-state index in [9.17, 15) is 20.0 Å². The zero-order valence-corrected chi connectivity index (χ0v) is 11.6. The van der Waals surface area contributed by atoms with Crippen molar-refractivity contribution in [2.45, 2.75) is 6.92 Å². The maximum atomic E-state index is 11.7. The van der Waals surface area contributed by atoms with Crippen LogP contribution in [-0.4, -0.2) is 10.0 Å². The highest BCUT2D eigenvalue weighted by Gasteiger charge is 2.13. The highest BCUT2D eigenvalue weighted by atomic mass is 16.6. The molecule has 2 aromatic carbocycles. The number of phenols is 1. The van der Waals surface area contributed by atoms with Crippen molar-refractivity contribution in [1.82, 2.24) is 0 Å². The molecule has 0 amide bonds. The summed E-state index contributed by atoms with van der Waals surface area (Å²) in [6.45, 7) is 1.78. The largest absolute Gasteiger partial charge is 0.507 e. The molecule has 1 aromatic heterocycles. The van der Waals surface area contributed by atoms with Crippen molar-refractivity contribution >= 4 is 16.7 Å². The van der Waals surface area contributed by atoms with Crippen LogP contribution in [0.5, 0.6) is 5.75 Å². The maximum absolute atomic E-state index is 11.7. The number of fused-ring (bicyclic) bond motifs is 1. The van der Waals surface area contributed by atoms with Gasteiger partial charge in [0.2, 0.25) is 0 Å². The first-order chi connectivity index (χ1) is 10.5. The molecular weight excluding hydrogens is 286 g/mol. The number of aryl methyl sites for hydroxylation is 1. The lowest BCUT2D eigenvalue weighted by atomic mass is 10.00. The summed E-state index contributed by atoms with van der Waals surface area (Å²) in [6.07, 6.45) is 0. The molecule has 0 saturated carbocycles. The number of non-ortho nitro benzene ring substituents is 1. The zero-order chi connectivity index (χ0) is 15.9. The van der Waals surface area contributed by atoms with Crippen molar-refractivity contribution in [2.24, 2.45) is 0 Å². The summed E-state index contributed by atoms with van der Waals surface area (Å²) in [4.78, 5) is 21.9. The van der Waals surface area contributed by atoms with Crippen molar-refractivity contribution in [3.05, 3.63) is 68.6 Å². The second-order valence-electron chi connectivity index (χ2n) is 4.94. The average Bonchev–Trinajstić information content (AvgIpc) is 2.45. The van der Waals surface area contributed by atoms with E-state index < -0.39 is 10.5 Å². The van der Waals surface area contributed by atoms with Crippen LogP contribution in [0.1, 0.15) is 5.56 Å². The SMILES string of the molecule is Cc1cc(O)c2c(-c3ccc([N+](=O)[O-])cc3)cc(=O)oc2c1. The number of nitrogens with zero attached hydrogens (tertiary/aromatic N) is 1. The molecule has 3 rings (SSSR count). The highest BCUT2D eigenvalue weighted by molar-refractivity contribution is 5.98. The van der Waals surface area contributed by atoms with Gasteiger partial charge >= 0.3 is 5.63 Å². The Bertz CT molecular complexity index is 941. The van der Waals surface area contributed by atoms with Crippen LogP contribution in [0.2, 0.25) is 0 Å². The van der Waals surface area contributed by atoms with E-state index in [0.29, 0.717) is 16.5 Å². The smallest absolute Gasteiger partial charge is 0.336 e. The average molecular weight is 297 g/mol. The van der Waals surface area contributed by atoms with Crippen molar-refractivity contribution in [3.8, 4) is 16.9 Å². The summed E-state index contributed by atoms with van der Waals surface area (Å²) < 4.78 is 5.12. The van der Waals surface area contributed by atoms with Crippen molar-refractivity contribution in [1.29, 1.82) is 0 Å². The summed E-state index contributed by atoms with van der Waals surface area (Å²) in [5, 5.41) is 21.3. The third-order valence-electron chi connectivity index (χ3n) is 3.36. The second-order valence-corrected chi connectivity index (χ2v) is 4.94. The Kier molecular flexibility index (Phi) is 3.14. The molecule has 0 aliphatic rings. The minimum absolute atomic E-state index is 0.00731. The second kappa shape index (κ2) is 5.00. The van der Waals surface area contributed by atoms with E-state index in [2.05, 4.69) is 0 Å². The van der Waals surface area contributed by atoms with E-state index in [0.717, 1.165) is 5.56 Å². The van der Waals surface area contributed by atoms with E-state index in [1.165, 1.54) is 30.3 Å². The molecule has 6 heteroatoms. The molecule has 3 aromatic rings. The number of benzene rings is 2. The number of nitro benzene ring substituents is 1. The third-order valence-corrected chi connectivity index (χ3v) is 3.36. The Hall–Kier alpha value is -3.15. The van der Waals surface area contributed by atoms with Crippen LogP contribution in [-0.2, 0) is 0 Å². The third kappa shape index (κ3) is 2.31. The molecule has 110 valence electrons. The Morgan fingerprint density at radius 2 is 1.82 bits per heavy atom. The zero-order valence-electron chi connectivity index (χ0n) is 11.6. The van der Waals surface area contributed by atoms with Crippen molar-refractivity contribution in [3.63, 3.8) is 0 Å². The van der Waals surface area contributed by atoms with Crippen molar-refractivity contribution in [2.75, 3.05) is 0 Å². The van der Waals surface area contributed by atoms with Gasteiger partial charge in [0.15, 0.2) is 0 Å². The van der Waals surface area contributed by atoms with Crippen LogP contribution in [0, 0.1) is 17.0 Å². The molecule has 0 unspecified atom stereocenters. The maximum Gasteiger partial charge on any atom is 0.336 e. The number of phenolic OH excluding ortho intramolecular Hbond substituents is 1. The fraction of sp³-hybridized carbons (Fsp3) is 0.0625. The molecule has 0 bridgehead atoms. The molecule has 1 N–H and O–H groups in total. The van der Waals surface area contributed by atoms with Gasteiger partial charge in [-0.15, -0.1) is 0 Å². The summed E-state index contributed by atoms with van der Waals surface area (Å²) in [6, 6.07) is 10.3. The molecule has 0 radical (unpaired) electrons.